The second kappa shape index (κ2) is 6.43. The molecule has 0 radical (unpaired) electrons. The first kappa shape index (κ1) is 15.1. The van der Waals surface area contributed by atoms with Crippen LogP contribution in [0.2, 0.25) is 0 Å². The van der Waals surface area contributed by atoms with E-state index >= 15 is 0 Å². The van der Waals surface area contributed by atoms with Gasteiger partial charge in [-0.25, -0.2) is 4.39 Å². The second-order valence-electron chi connectivity index (χ2n) is 4.88. The molecule has 1 aliphatic rings. The number of likely N-dealkylation sites (tertiary alicyclic amines) is 1. The van der Waals surface area contributed by atoms with E-state index in [9.17, 15) is 9.18 Å². The van der Waals surface area contributed by atoms with E-state index in [1.165, 1.54) is 25.3 Å². The van der Waals surface area contributed by atoms with Gasteiger partial charge in [0.25, 0.3) is 5.91 Å². The monoisotopic (exact) mass is 295 g/mol. The Bertz CT molecular complexity index is 562. The average Bonchev–Trinajstić information content (AvgIpc) is 2.54. The number of benzene rings is 1. The van der Waals surface area contributed by atoms with Gasteiger partial charge in [0.05, 0.1) is 13.2 Å². The Kier molecular flexibility index (Phi) is 4.62. The van der Waals surface area contributed by atoms with Crippen LogP contribution in [-0.2, 0) is 0 Å². The maximum Gasteiger partial charge on any atom is 0.254 e. The number of amides is 1. The molecule has 1 unspecified atom stereocenters. The lowest BCUT2D eigenvalue weighted by Gasteiger charge is -2.34. The molecule has 1 aromatic rings. The fourth-order valence-electron chi connectivity index (χ4n) is 2.51. The molecule has 6 nitrogen and oxygen atoms in total. The summed E-state index contributed by atoms with van der Waals surface area (Å²) in [6, 6.07) is 3.51. The highest BCUT2D eigenvalue weighted by atomic mass is 19.1. The summed E-state index contributed by atoms with van der Waals surface area (Å²) in [7, 11) is 1.34. The van der Waals surface area contributed by atoms with E-state index in [1.54, 1.807) is 4.90 Å². The van der Waals surface area contributed by atoms with Crippen LogP contribution in [0.15, 0.2) is 23.4 Å². The van der Waals surface area contributed by atoms with Gasteiger partial charge >= 0.3 is 0 Å². The van der Waals surface area contributed by atoms with Crippen LogP contribution in [0.4, 0.5) is 4.39 Å². The number of carbonyl (C=O) groups excluding carboxylic acids is 1. The van der Waals surface area contributed by atoms with Crippen LogP contribution in [0.1, 0.15) is 29.6 Å². The fraction of sp³-hybridized carbons (Fsp3) is 0.429. The predicted molar refractivity (Wildman–Crippen MR) is 75.0 cm³/mol. The Morgan fingerprint density at radius 1 is 1.52 bits per heavy atom. The lowest BCUT2D eigenvalue weighted by Crippen LogP contribution is -2.50. The Hall–Kier alpha value is -2.31. The number of piperidine rings is 1. The summed E-state index contributed by atoms with van der Waals surface area (Å²) in [5.74, 6) is -0.791. The number of hydrogen-bond donors (Lipinski definition) is 2. The van der Waals surface area contributed by atoms with Crippen molar-refractivity contribution in [2.75, 3.05) is 13.7 Å². The number of ether oxygens (including phenoxy) is 1. The first-order valence-electron chi connectivity index (χ1n) is 6.70. The third-order valence-corrected chi connectivity index (χ3v) is 3.62. The smallest absolute Gasteiger partial charge is 0.254 e. The van der Waals surface area contributed by atoms with E-state index in [1.807, 2.05) is 0 Å². The third kappa shape index (κ3) is 3.07. The van der Waals surface area contributed by atoms with Gasteiger partial charge in [-0.05, 0) is 37.5 Å². The Morgan fingerprint density at radius 3 is 2.95 bits per heavy atom. The van der Waals surface area contributed by atoms with Crippen LogP contribution in [0.25, 0.3) is 0 Å². The van der Waals surface area contributed by atoms with E-state index in [-0.39, 0.29) is 17.5 Å². The molecule has 0 aliphatic carbocycles. The van der Waals surface area contributed by atoms with Crippen molar-refractivity contribution in [2.24, 2.45) is 10.9 Å². The molecular formula is C14H18FN3O3. The van der Waals surface area contributed by atoms with Crippen molar-refractivity contribution in [3.8, 4) is 5.75 Å². The van der Waals surface area contributed by atoms with E-state index in [2.05, 4.69) is 5.16 Å². The molecule has 1 amide bonds. The van der Waals surface area contributed by atoms with E-state index in [0.717, 1.165) is 12.8 Å². The summed E-state index contributed by atoms with van der Waals surface area (Å²) >= 11 is 0. The van der Waals surface area contributed by atoms with Crippen molar-refractivity contribution in [1.29, 1.82) is 0 Å². The first-order valence-corrected chi connectivity index (χ1v) is 6.70. The Balaban J connectivity index is 2.28. The predicted octanol–water partition coefficient (Wildman–Crippen LogP) is 1.58. The zero-order chi connectivity index (χ0) is 15.4. The largest absolute Gasteiger partial charge is 0.494 e. The first-order chi connectivity index (χ1) is 10.1. The van der Waals surface area contributed by atoms with Gasteiger partial charge in [-0.15, -0.1) is 0 Å². The maximum absolute atomic E-state index is 13.4. The van der Waals surface area contributed by atoms with Gasteiger partial charge in [-0.2, -0.15) is 0 Å². The summed E-state index contributed by atoms with van der Waals surface area (Å²) < 4.78 is 18.3. The number of halogens is 1. The van der Waals surface area contributed by atoms with Crippen molar-refractivity contribution in [1.82, 2.24) is 4.90 Å². The Labute approximate surface area is 122 Å². The van der Waals surface area contributed by atoms with Crippen molar-refractivity contribution in [3.63, 3.8) is 0 Å². The average molecular weight is 295 g/mol. The molecule has 0 spiro atoms. The third-order valence-electron chi connectivity index (χ3n) is 3.62. The molecule has 114 valence electrons. The number of rotatable bonds is 3. The highest BCUT2D eigenvalue weighted by Crippen LogP contribution is 2.23. The molecule has 1 fully saturated rings. The Morgan fingerprint density at radius 2 is 2.29 bits per heavy atom. The summed E-state index contributed by atoms with van der Waals surface area (Å²) in [6.07, 6.45) is 2.39. The van der Waals surface area contributed by atoms with Gasteiger partial charge < -0.3 is 20.6 Å². The molecule has 21 heavy (non-hydrogen) atoms. The number of oxime groups is 1. The SMILES string of the molecule is COc1cc(C(=O)N2CCCCC2/C(N)=N/O)ccc1F. The van der Waals surface area contributed by atoms with Crippen molar-refractivity contribution in [2.45, 2.75) is 25.3 Å². The van der Waals surface area contributed by atoms with Gasteiger partial charge in [-0.1, -0.05) is 5.16 Å². The van der Waals surface area contributed by atoms with Gasteiger partial charge in [0.15, 0.2) is 17.4 Å². The number of methoxy groups -OCH3 is 1. The van der Waals surface area contributed by atoms with Gasteiger partial charge in [0.2, 0.25) is 0 Å². The second-order valence-corrected chi connectivity index (χ2v) is 4.88. The normalized spacial score (nSPS) is 19.4. The number of amidine groups is 1. The number of nitrogens with zero attached hydrogens (tertiary/aromatic N) is 2. The minimum absolute atomic E-state index is 0.0112. The minimum Gasteiger partial charge on any atom is -0.494 e. The van der Waals surface area contributed by atoms with Crippen LogP contribution in [-0.4, -0.2) is 41.5 Å². The fourth-order valence-corrected chi connectivity index (χ4v) is 2.51. The number of hydrogen-bond acceptors (Lipinski definition) is 4. The summed E-state index contributed by atoms with van der Waals surface area (Å²) in [6.45, 7) is 0.513. The molecule has 0 saturated carbocycles. The molecule has 1 saturated heterocycles. The highest BCUT2D eigenvalue weighted by Gasteiger charge is 2.30. The van der Waals surface area contributed by atoms with Gasteiger partial charge in [0.1, 0.15) is 0 Å². The van der Waals surface area contributed by atoms with Crippen LogP contribution >= 0.6 is 0 Å². The summed E-state index contributed by atoms with van der Waals surface area (Å²) in [5, 5.41) is 11.8. The van der Waals surface area contributed by atoms with E-state index < -0.39 is 11.9 Å². The molecule has 2 rings (SSSR count). The molecule has 1 aromatic carbocycles. The molecule has 0 bridgehead atoms. The molecule has 1 aliphatic heterocycles. The van der Waals surface area contributed by atoms with Crippen molar-refractivity contribution in [3.05, 3.63) is 29.6 Å². The highest BCUT2D eigenvalue weighted by molar-refractivity contribution is 5.98. The van der Waals surface area contributed by atoms with Crippen molar-refractivity contribution >= 4 is 11.7 Å². The summed E-state index contributed by atoms with van der Waals surface area (Å²) in [5.41, 5.74) is 5.97. The van der Waals surface area contributed by atoms with Crippen LogP contribution in [0, 0.1) is 5.82 Å². The molecule has 7 heteroatoms. The van der Waals surface area contributed by atoms with E-state index in [0.29, 0.717) is 18.5 Å². The van der Waals surface area contributed by atoms with Gasteiger partial charge in [-0.3, -0.25) is 4.79 Å². The number of carbonyl (C=O) groups is 1. The molecular weight excluding hydrogens is 277 g/mol. The molecule has 1 heterocycles. The lowest BCUT2D eigenvalue weighted by atomic mass is 10.00. The summed E-state index contributed by atoms with van der Waals surface area (Å²) in [4.78, 5) is 14.1. The van der Waals surface area contributed by atoms with Crippen LogP contribution in [0.5, 0.6) is 5.75 Å². The standard InChI is InChI=1S/C14H18FN3O3/c1-21-12-8-9(5-6-10(12)15)14(19)18-7-3-2-4-11(18)13(16)17-20/h5-6,8,11,20H,2-4,7H2,1H3,(H2,16,17). The quantitative estimate of drug-likeness (QED) is 0.383. The van der Waals surface area contributed by atoms with E-state index in [4.69, 9.17) is 15.7 Å². The van der Waals surface area contributed by atoms with Crippen LogP contribution in [0.3, 0.4) is 0 Å². The lowest BCUT2D eigenvalue weighted by molar-refractivity contribution is 0.0676. The van der Waals surface area contributed by atoms with Crippen LogP contribution < -0.4 is 10.5 Å². The number of nitrogens with two attached hydrogens (primary N) is 1. The minimum atomic E-state index is -0.527. The van der Waals surface area contributed by atoms with Gasteiger partial charge in [0, 0.05) is 12.1 Å². The molecule has 1 atom stereocenters. The zero-order valence-corrected chi connectivity index (χ0v) is 11.8. The maximum atomic E-state index is 13.4. The topological polar surface area (TPSA) is 88.2 Å². The van der Waals surface area contributed by atoms with Crippen molar-refractivity contribution < 1.29 is 19.1 Å². The molecule has 3 N–H and O–H groups in total. The zero-order valence-electron chi connectivity index (χ0n) is 11.8. The molecule has 0 aromatic heterocycles.